The number of benzene rings is 2. The number of ether oxygens (including phenoxy) is 1. The van der Waals surface area contributed by atoms with Gasteiger partial charge in [-0.2, -0.15) is 0 Å². The van der Waals surface area contributed by atoms with Crippen molar-refractivity contribution in [1.82, 2.24) is 4.98 Å². The zero-order valence-electron chi connectivity index (χ0n) is 14.9. The van der Waals surface area contributed by atoms with Gasteiger partial charge in [-0.3, -0.25) is 4.79 Å². The molecule has 1 aromatic heterocycles. The van der Waals surface area contributed by atoms with Crippen LogP contribution in [-0.4, -0.2) is 17.3 Å². The smallest absolute Gasteiger partial charge is 0.406 e. The van der Waals surface area contributed by atoms with Crippen LogP contribution in [0.5, 0.6) is 5.75 Å². The van der Waals surface area contributed by atoms with Gasteiger partial charge in [0.15, 0.2) is 5.13 Å². The highest BCUT2D eigenvalue weighted by Gasteiger charge is 2.30. The number of halogens is 3. The van der Waals surface area contributed by atoms with Crippen LogP contribution in [-0.2, 0) is 0 Å². The minimum atomic E-state index is -4.73. The van der Waals surface area contributed by atoms with E-state index in [1.54, 1.807) is 5.38 Å². The first kappa shape index (κ1) is 19.7. The lowest BCUT2D eigenvalue weighted by Crippen LogP contribution is -2.16. The van der Waals surface area contributed by atoms with Gasteiger partial charge in [0.25, 0.3) is 5.91 Å². The summed E-state index contributed by atoms with van der Waals surface area (Å²) in [6.07, 6.45) is -4.73. The zero-order valence-corrected chi connectivity index (χ0v) is 15.7. The van der Waals surface area contributed by atoms with Crippen LogP contribution in [0.25, 0.3) is 0 Å². The fraction of sp³-hybridized carbons (Fsp3) is 0.158. The molecule has 3 rings (SSSR count). The largest absolute Gasteiger partial charge is 0.573 e. The first-order chi connectivity index (χ1) is 13.2. The molecular weight excluding hydrogens is 391 g/mol. The molecule has 2 aromatic carbocycles. The average molecular weight is 407 g/mol. The SMILES string of the molecule is Cc1ccc(NC(=O)c2csc(Nc3ccc(OC(F)(F)F)cc3)n2)cc1C. The fourth-order valence-electron chi connectivity index (χ4n) is 2.31. The lowest BCUT2D eigenvalue weighted by atomic mass is 10.1. The zero-order chi connectivity index (χ0) is 20.3. The molecule has 0 unspecified atom stereocenters. The third-order valence-electron chi connectivity index (χ3n) is 3.84. The van der Waals surface area contributed by atoms with Crippen LogP contribution in [0.15, 0.2) is 47.8 Å². The molecule has 2 N–H and O–H groups in total. The fourth-order valence-corrected chi connectivity index (χ4v) is 3.02. The molecule has 0 atom stereocenters. The summed E-state index contributed by atoms with van der Waals surface area (Å²) in [6.45, 7) is 3.95. The number of nitrogens with one attached hydrogen (secondary N) is 2. The van der Waals surface area contributed by atoms with E-state index in [0.717, 1.165) is 11.1 Å². The standard InChI is InChI=1S/C19H16F3N3O2S/c1-11-3-4-14(9-12(11)2)23-17(26)16-10-28-18(25-16)24-13-5-7-15(8-6-13)27-19(20,21)22/h3-10H,1-2H3,(H,23,26)(H,24,25). The number of hydrogen-bond acceptors (Lipinski definition) is 5. The molecule has 146 valence electrons. The highest BCUT2D eigenvalue weighted by atomic mass is 32.1. The van der Waals surface area contributed by atoms with Gasteiger partial charge in [0.2, 0.25) is 0 Å². The Balaban J connectivity index is 1.63. The van der Waals surface area contributed by atoms with Gasteiger partial charge < -0.3 is 15.4 Å². The number of carbonyl (C=O) groups is 1. The van der Waals surface area contributed by atoms with Gasteiger partial charge >= 0.3 is 6.36 Å². The summed E-state index contributed by atoms with van der Waals surface area (Å²) in [6, 6.07) is 10.9. The number of thiazole rings is 1. The van der Waals surface area contributed by atoms with Gasteiger partial charge in [-0.15, -0.1) is 24.5 Å². The predicted octanol–water partition coefficient (Wildman–Crippen LogP) is 5.65. The number of amides is 1. The van der Waals surface area contributed by atoms with Gasteiger partial charge in [-0.25, -0.2) is 4.98 Å². The normalized spacial score (nSPS) is 11.2. The number of alkyl halides is 3. The lowest BCUT2D eigenvalue weighted by molar-refractivity contribution is -0.274. The molecule has 3 aromatic rings. The molecule has 0 saturated carbocycles. The van der Waals surface area contributed by atoms with Crippen molar-refractivity contribution in [2.45, 2.75) is 20.2 Å². The molecule has 0 bridgehead atoms. The monoisotopic (exact) mass is 407 g/mol. The van der Waals surface area contributed by atoms with Crippen LogP contribution >= 0.6 is 11.3 Å². The number of aryl methyl sites for hydroxylation is 2. The Kier molecular flexibility index (Phi) is 5.55. The second-order valence-corrected chi connectivity index (χ2v) is 6.85. The highest BCUT2D eigenvalue weighted by molar-refractivity contribution is 7.14. The predicted molar refractivity (Wildman–Crippen MR) is 102 cm³/mol. The summed E-state index contributed by atoms with van der Waals surface area (Å²) in [5, 5.41) is 7.76. The minimum Gasteiger partial charge on any atom is -0.406 e. The number of carbonyl (C=O) groups excluding carboxylic acids is 1. The van der Waals surface area contributed by atoms with Crippen molar-refractivity contribution < 1.29 is 22.7 Å². The molecule has 0 aliphatic carbocycles. The Bertz CT molecular complexity index is 985. The van der Waals surface area contributed by atoms with Crippen molar-refractivity contribution in [3.8, 4) is 5.75 Å². The van der Waals surface area contributed by atoms with Crippen LogP contribution in [0.1, 0.15) is 21.6 Å². The quantitative estimate of drug-likeness (QED) is 0.573. The van der Waals surface area contributed by atoms with Crippen LogP contribution in [0.3, 0.4) is 0 Å². The molecule has 0 radical (unpaired) electrons. The van der Waals surface area contributed by atoms with E-state index in [2.05, 4.69) is 20.4 Å². The van der Waals surface area contributed by atoms with E-state index in [1.165, 1.54) is 35.6 Å². The van der Waals surface area contributed by atoms with Gasteiger partial charge in [0.1, 0.15) is 11.4 Å². The molecule has 0 fully saturated rings. The van der Waals surface area contributed by atoms with Crippen molar-refractivity contribution in [2.75, 3.05) is 10.6 Å². The van der Waals surface area contributed by atoms with Gasteiger partial charge in [0, 0.05) is 16.8 Å². The number of nitrogens with zero attached hydrogens (tertiary/aromatic N) is 1. The third-order valence-corrected chi connectivity index (χ3v) is 4.60. The van der Waals surface area contributed by atoms with Crippen molar-refractivity contribution in [1.29, 1.82) is 0 Å². The van der Waals surface area contributed by atoms with Crippen molar-refractivity contribution in [3.63, 3.8) is 0 Å². The number of rotatable bonds is 5. The van der Waals surface area contributed by atoms with Gasteiger partial charge in [-0.05, 0) is 61.4 Å². The first-order valence-corrected chi connectivity index (χ1v) is 9.04. The minimum absolute atomic E-state index is 0.239. The van der Waals surface area contributed by atoms with E-state index in [9.17, 15) is 18.0 Å². The molecule has 0 aliphatic rings. The molecule has 28 heavy (non-hydrogen) atoms. The van der Waals surface area contributed by atoms with Crippen molar-refractivity contribution in [2.24, 2.45) is 0 Å². The second kappa shape index (κ2) is 7.89. The Labute approximate surface area is 163 Å². The second-order valence-electron chi connectivity index (χ2n) is 5.99. The first-order valence-electron chi connectivity index (χ1n) is 8.16. The maximum absolute atomic E-state index is 12.3. The highest BCUT2D eigenvalue weighted by Crippen LogP contribution is 2.26. The number of aromatic nitrogens is 1. The molecule has 0 spiro atoms. The van der Waals surface area contributed by atoms with Gasteiger partial charge in [0.05, 0.1) is 0 Å². The third kappa shape index (κ3) is 5.23. The van der Waals surface area contributed by atoms with Crippen LogP contribution in [0, 0.1) is 13.8 Å². The number of hydrogen-bond donors (Lipinski definition) is 2. The van der Waals surface area contributed by atoms with E-state index < -0.39 is 6.36 Å². The van der Waals surface area contributed by atoms with Crippen LogP contribution < -0.4 is 15.4 Å². The van der Waals surface area contributed by atoms with Gasteiger partial charge in [-0.1, -0.05) is 6.07 Å². The molecule has 9 heteroatoms. The molecule has 0 aliphatic heterocycles. The Morgan fingerprint density at radius 2 is 1.71 bits per heavy atom. The van der Waals surface area contributed by atoms with E-state index in [1.807, 2.05) is 32.0 Å². The van der Waals surface area contributed by atoms with E-state index in [-0.39, 0.29) is 17.4 Å². The Morgan fingerprint density at radius 3 is 2.36 bits per heavy atom. The Hall–Kier alpha value is -3.07. The molecule has 5 nitrogen and oxygen atoms in total. The maximum Gasteiger partial charge on any atom is 0.573 e. The summed E-state index contributed by atoms with van der Waals surface area (Å²) in [7, 11) is 0. The van der Waals surface area contributed by atoms with E-state index in [4.69, 9.17) is 0 Å². The van der Waals surface area contributed by atoms with E-state index in [0.29, 0.717) is 16.5 Å². The average Bonchev–Trinajstić information content (AvgIpc) is 3.07. The molecule has 1 heterocycles. The van der Waals surface area contributed by atoms with E-state index >= 15 is 0 Å². The number of anilines is 3. The molecule has 0 saturated heterocycles. The Morgan fingerprint density at radius 1 is 1.04 bits per heavy atom. The summed E-state index contributed by atoms with van der Waals surface area (Å²) in [5.41, 5.74) is 3.63. The molecular formula is C19H16F3N3O2S. The maximum atomic E-state index is 12.3. The van der Waals surface area contributed by atoms with Crippen molar-refractivity contribution in [3.05, 3.63) is 64.7 Å². The van der Waals surface area contributed by atoms with Crippen LogP contribution in [0.4, 0.5) is 29.7 Å². The van der Waals surface area contributed by atoms with Crippen LogP contribution in [0.2, 0.25) is 0 Å². The summed E-state index contributed by atoms with van der Waals surface area (Å²) >= 11 is 1.21. The summed E-state index contributed by atoms with van der Waals surface area (Å²) in [5.74, 6) is -0.660. The van der Waals surface area contributed by atoms with Crippen molar-refractivity contribution >= 4 is 33.8 Å². The summed E-state index contributed by atoms with van der Waals surface area (Å²) < 4.78 is 40.4. The summed E-state index contributed by atoms with van der Waals surface area (Å²) in [4.78, 5) is 16.5. The topological polar surface area (TPSA) is 63.2 Å². The molecule has 1 amide bonds. The lowest BCUT2D eigenvalue weighted by Gasteiger charge is -2.09.